The summed E-state index contributed by atoms with van der Waals surface area (Å²) in [7, 11) is 1.96. The molecule has 14 heavy (non-hydrogen) atoms. The summed E-state index contributed by atoms with van der Waals surface area (Å²) in [5.74, 6) is 0.511. The number of rotatable bonds is 4. The third kappa shape index (κ3) is 3.16. The minimum absolute atomic E-state index is 0.511. The minimum atomic E-state index is 0.511. The molecule has 0 aliphatic carbocycles. The largest absolute Gasteiger partial charge is 0.320 e. The second kappa shape index (κ2) is 5.59. The normalized spacial score (nSPS) is 12.9. The van der Waals surface area contributed by atoms with Crippen LogP contribution >= 0.6 is 23.2 Å². The highest BCUT2D eigenvalue weighted by Crippen LogP contribution is 2.27. The summed E-state index contributed by atoms with van der Waals surface area (Å²) < 4.78 is 0. The molecule has 78 valence electrons. The lowest BCUT2D eigenvalue weighted by Gasteiger charge is -2.12. The van der Waals surface area contributed by atoms with Gasteiger partial charge in [-0.25, -0.2) is 0 Å². The Kier molecular flexibility index (Phi) is 4.73. The van der Waals surface area contributed by atoms with Crippen molar-refractivity contribution in [1.82, 2.24) is 5.32 Å². The van der Waals surface area contributed by atoms with Crippen LogP contribution in [0, 0.1) is 0 Å². The lowest BCUT2D eigenvalue weighted by atomic mass is 9.98. The average molecular weight is 232 g/mol. The first-order valence-electron chi connectivity index (χ1n) is 4.74. The Bertz CT molecular complexity index is 299. The van der Waals surface area contributed by atoms with E-state index < -0.39 is 0 Å². The molecular formula is C11H15Cl2N. The average Bonchev–Trinajstić information content (AvgIpc) is 2.18. The molecule has 0 aliphatic heterocycles. The van der Waals surface area contributed by atoms with Crippen LogP contribution in [0.2, 0.25) is 10.0 Å². The molecular weight excluding hydrogens is 217 g/mol. The van der Waals surface area contributed by atoms with Gasteiger partial charge in [0.1, 0.15) is 0 Å². The Hall–Kier alpha value is -0.240. The van der Waals surface area contributed by atoms with Crippen LogP contribution in [0.3, 0.4) is 0 Å². The van der Waals surface area contributed by atoms with Crippen molar-refractivity contribution in [2.24, 2.45) is 0 Å². The number of nitrogens with one attached hydrogen (secondary N) is 1. The lowest BCUT2D eigenvalue weighted by Crippen LogP contribution is -2.10. The Morgan fingerprint density at radius 1 is 1.29 bits per heavy atom. The Balaban J connectivity index is 2.70. The topological polar surface area (TPSA) is 12.0 Å². The predicted molar refractivity (Wildman–Crippen MR) is 63.4 cm³/mol. The molecule has 0 amide bonds. The highest BCUT2D eigenvalue weighted by Gasteiger charge is 2.06. The fourth-order valence-corrected chi connectivity index (χ4v) is 1.65. The van der Waals surface area contributed by atoms with Crippen molar-refractivity contribution in [3.63, 3.8) is 0 Å². The molecule has 0 heterocycles. The van der Waals surface area contributed by atoms with E-state index in [0.29, 0.717) is 16.0 Å². The molecule has 0 saturated heterocycles. The molecule has 1 aromatic carbocycles. The Labute approximate surface area is 95.4 Å². The SMILES string of the molecule is CNCCC(C)c1ccc(Cl)c(Cl)c1. The molecule has 0 saturated carbocycles. The summed E-state index contributed by atoms with van der Waals surface area (Å²) in [5.41, 5.74) is 1.25. The van der Waals surface area contributed by atoms with Crippen molar-refractivity contribution in [3.05, 3.63) is 33.8 Å². The van der Waals surface area contributed by atoms with Crippen LogP contribution < -0.4 is 5.32 Å². The first-order valence-corrected chi connectivity index (χ1v) is 5.50. The summed E-state index contributed by atoms with van der Waals surface area (Å²) in [5, 5.41) is 4.40. The van der Waals surface area contributed by atoms with Crippen LogP contribution in [-0.4, -0.2) is 13.6 Å². The van der Waals surface area contributed by atoms with Gasteiger partial charge in [0.2, 0.25) is 0 Å². The first kappa shape index (κ1) is 11.8. The zero-order valence-corrected chi connectivity index (χ0v) is 9.99. The van der Waals surface area contributed by atoms with Crippen molar-refractivity contribution in [1.29, 1.82) is 0 Å². The quantitative estimate of drug-likeness (QED) is 0.834. The van der Waals surface area contributed by atoms with Crippen LogP contribution in [0.25, 0.3) is 0 Å². The molecule has 3 heteroatoms. The van der Waals surface area contributed by atoms with Crippen molar-refractivity contribution in [3.8, 4) is 0 Å². The van der Waals surface area contributed by atoms with Crippen molar-refractivity contribution in [2.45, 2.75) is 19.3 Å². The Morgan fingerprint density at radius 2 is 2.00 bits per heavy atom. The molecule has 1 unspecified atom stereocenters. The summed E-state index contributed by atoms with van der Waals surface area (Å²) >= 11 is 11.8. The third-order valence-corrected chi connectivity index (χ3v) is 3.08. The van der Waals surface area contributed by atoms with Crippen molar-refractivity contribution >= 4 is 23.2 Å². The van der Waals surface area contributed by atoms with Gasteiger partial charge in [-0.05, 0) is 43.6 Å². The molecule has 0 radical (unpaired) electrons. The van der Waals surface area contributed by atoms with Gasteiger partial charge in [0, 0.05) is 0 Å². The third-order valence-electron chi connectivity index (χ3n) is 2.34. The van der Waals surface area contributed by atoms with E-state index in [0.717, 1.165) is 13.0 Å². The molecule has 1 nitrogen and oxygen atoms in total. The van der Waals surface area contributed by atoms with Crippen molar-refractivity contribution < 1.29 is 0 Å². The smallest absolute Gasteiger partial charge is 0.0595 e. The maximum Gasteiger partial charge on any atom is 0.0595 e. The summed E-state index contributed by atoms with van der Waals surface area (Å²) in [4.78, 5) is 0. The van der Waals surface area contributed by atoms with Gasteiger partial charge in [-0.1, -0.05) is 36.2 Å². The highest BCUT2D eigenvalue weighted by molar-refractivity contribution is 6.42. The molecule has 1 N–H and O–H groups in total. The zero-order valence-electron chi connectivity index (χ0n) is 8.48. The van der Waals surface area contributed by atoms with Gasteiger partial charge < -0.3 is 5.32 Å². The first-order chi connectivity index (χ1) is 6.65. The van der Waals surface area contributed by atoms with E-state index in [4.69, 9.17) is 23.2 Å². The fourth-order valence-electron chi connectivity index (χ4n) is 1.35. The van der Waals surface area contributed by atoms with Gasteiger partial charge >= 0.3 is 0 Å². The molecule has 0 bridgehead atoms. The van der Waals surface area contributed by atoms with Gasteiger partial charge in [0.05, 0.1) is 10.0 Å². The molecule has 0 aromatic heterocycles. The Morgan fingerprint density at radius 3 is 2.57 bits per heavy atom. The van der Waals surface area contributed by atoms with E-state index in [1.807, 2.05) is 25.2 Å². The van der Waals surface area contributed by atoms with Gasteiger partial charge in [-0.2, -0.15) is 0 Å². The molecule has 1 rings (SSSR count). The summed E-state index contributed by atoms with van der Waals surface area (Å²) in [6.45, 7) is 3.21. The second-order valence-electron chi connectivity index (χ2n) is 3.47. The maximum absolute atomic E-state index is 5.94. The van der Waals surface area contributed by atoms with E-state index in [2.05, 4.69) is 12.2 Å². The van der Waals surface area contributed by atoms with Crippen LogP contribution in [0.4, 0.5) is 0 Å². The summed E-state index contributed by atoms with van der Waals surface area (Å²) in [6, 6.07) is 5.84. The van der Waals surface area contributed by atoms with E-state index in [1.54, 1.807) is 0 Å². The lowest BCUT2D eigenvalue weighted by molar-refractivity contribution is 0.636. The van der Waals surface area contributed by atoms with Gasteiger partial charge in [-0.3, -0.25) is 0 Å². The zero-order chi connectivity index (χ0) is 10.6. The van der Waals surface area contributed by atoms with Gasteiger partial charge in [0.15, 0.2) is 0 Å². The number of benzene rings is 1. The van der Waals surface area contributed by atoms with E-state index >= 15 is 0 Å². The summed E-state index contributed by atoms with van der Waals surface area (Å²) in [6.07, 6.45) is 1.11. The monoisotopic (exact) mass is 231 g/mol. The molecule has 1 atom stereocenters. The predicted octanol–water partition coefficient (Wildman–Crippen LogP) is 3.71. The number of hydrogen-bond donors (Lipinski definition) is 1. The van der Waals surface area contributed by atoms with E-state index in [9.17, 15) is 0 Å². The van der Waals surface area contributed by atoms with Crippen LogP contribution in [-0.2, 0) is 0 Å². The molecule has 0 aliphatic rings. The van der Waals surface area contributed by atoms with Crippen LogP contribution in [0.1, 0.15) is 24.8 Å². The minimum Gasteiger partial charge on any atom is -0.320 e. The molecule has 1 aromatic rings. The van der Waals surface area contributed by atoms with Crippen LogP contribution in [0.5, 0.6) is 0 Å². The van der Waals surface area contributed by atoms with E-state index in [-0.39, 0.29) is 0 Å². The standard InChI is InChI=1S/C11H15Cl2N/c1-8(5-6-14-2)9-3-4-10(12)11(13)7-9/h3-4,7-8,14H,5-6H2,1-2H3. The van der Waals surface area contributed by atoms with Crippen LogP contribution in [0.15, 0.2) is 18.2 Å². The highest BCUT2D eigenvalue weighted by atomic mass is 35.5. The fraction of sp³-hybridized carbons (Fsp3) is 0.455. The van der Waals surface area contributed by atoms with Gasteiger partial charge in [-0.15, -0.1) is 0 Å². The molecule has 0 spiro atoms. The van der Waals surface area contributed by atoms with E-state index in [1.165, 1.54) is 5.56 Å². The maximum atomic E-state index is 5.94. The number of hydrogen-bond acceptors (Lipinski definition) is 1. The molecule has 0 fully saturated rings. The van der Waals surface area contributed by atoms with Gasteiger partial charge in [0.25, 0.3) is 0 Å². The second-order valence-corrected chi connectivity index (χ2v) is 4.28. The van der Waals surface area contributed by atoms with Crippen molar-refractivity contribution in [2.75, 3.05) is 13.6 Å². The number of halogens is 2.